The van der Waals surface area contributed by atoms with Gasteiger partial charge in [-0.1, -0.05) is 11.6 Å². The Morgan fingerprint density at radius 2 is 1.84 bits per heavy atom. The molecule has 102 valence electrons. The lowest BCUT2D eigenvalue weighted by atomic mass is 10.4. The number of hydrogen-bond donors (Lipinski definition) is 0. The predicted molar refractivity (Wildman–Crippen MR) is 82.1 cm³/mol. The average Bonchev–Trinajstić information content (AvgIpc) is 2.75. The molecule has 1 aromatic heterocycles. The van der Waals surface area contributed by atoms with Crippen LogP contribution in [-0.4, -0.2) is 19.8 Å². The molecular formula is C12H11BrClNO2S2. The maximum absolute atomic E-state index is 12.3. The first-order valence-corrected chi connectivity index (χ1v) is 8.78. The van der Waals surface area contributed by atoms with Gasteiger partial charge in [0.1, 0.15) is 0 Å². The topological polar surface area (TPSA) is 37.4 Å². The first kappa shape index (κ1) is 15.0. The maximum atomic E-state index is 12.3. The van der Waals surface area contributed by atoms with Gasteiger partial charge in [0.15, 0.2) is 0 Å². The quantitative estimate of drug-likeness (QED) is 0.804. The molecule has 0 aliphatic carbocycles. The number of rotatable bonds is 4. The average molecular weight is 381 g/mol. The summed E-state index contributed by atoms with van der Waals surface area (Å²) in [5.74, 6) is 0. The molecule has 1 heterocycles. The van der Waals surface area contributed by atoms with E-state index < -0.39 is 10.0 Å². The standard InChI is InChI=1S/C12H11BrClNO2S2/c1-15(8-10-4-7-12(13)18-10)19(16,17)11-5-2-9(14)3-6-11/h2-7H,8H2,1H3. The highest BCUT2D eigenvalue weighted by Gasteiger charge is 2.21. The predicted octanol–water partition coefficient (Wildman–Crippen LogP) is 3.98. The highest BCUT2D eigenvalue weighted by Crippen LogP contribution is 2.25. The first-order valence-electron chi connectivity index (χ1n) is 5.36. The molecule has 0 amide bonds. The van der Waals surface area contributed by atoms with Crippen LogP contribution in [0.15, 0.2) is 45.1 Å². The normalized spacial score (nSPS) is 12.0. The van der Waals surface area contributed by atoms with Gasteiger partial charge < -0.3 is 0 Å². The molecule has 1 aromatic carbocycles. The second-order valence-corrected chi connectivity index (χ2v) is 8.95. The van der Waals surface area contributed by atoms with Crippen molar-refractivity contribution in [2.75, 3.05) is 7.05 Å². The zero-order chi connectivity index (χ0) is 14.0. The molecule has 2 rings (SSSR count). The Morgan fingerprint density at radius 1 is 1.21 bits per heavy atom. The van der Waals surface area contributed by atoms with Crippen LogP contribution in [0.1, 0.15) is 4.88 Å². The first-order chi connectivity index (χ1) is 8.89. The van der Waals surface area contributed by atoms with E-state index in [4.69, 9.17) is 11.6 Å². The summed E-state index contributed by atoms with van der Waals surface area (Å²) in [5, 5.41) is 0.517. The zero-order valence-corrected chi connectivity index (χ0v) is 14.0. The fraction of sp³-hybridized carbons (Fsp3) is 0.167. The third kappa shape index (κ3) is 3.58. The molecule has 0 saturated heterocycles. The Labute approximate surface area is 130 Å². The lowest BCUT2D eigenvalue weighted by Gasteiger charge is -2.16. The van der Waals surface area contributed by atoms with E-state index in [1.165, 1.54) is 27.8 Å². The Morgan fingerprint density at radius 3 is 2.37 bits per heavy atom. The number of hydrogen-bond acceptors (Lipinski definition) is 3. The molecule has 0 bridgehead atoms. The van der Waals surface area contributed by atoms with E-state index >= 15 is 0 Å². The lowest BCUT2D eigenvalue weighted by molar-refractivity contribution is 0.469. The fourth-order valence-corrected chi connectivity index (χ4v) is 4.42. The Balaban J connectivity index is 2.21. The summed E-state index contributed by atoms with van der Waals surface area (Å²) < 4.78 is 27.0. The molecular weight excluding hydrogens is 370 g/mol. The van der Waals surface area contributed by atoms with Gasteiger partial charge in [0, 0.05) is 23.5 Å². The summed E-state index contributed by atoms with van der Waals surface area (Å²) >= 11 is 10.6. The number of halogens is 2. The molecule has 0 unspecified atom stereocenters. The third-order valence-corrected chi connectivity index (χ3v) is 6.21. The summed E-state index contributed by atoms with van der Waals surface area (Å²) in [6.07, 6.45) is 0. The van der Waals surface area contributed by atoms with Crippen molar-refractivity contribution in [3.8, 4) is 0 Å². The van der Waals surface area contributed by atoms with Crippen molar-refractivity contribution in [3.63, 3.8) is 0 Å². The SMILES string of the molecule is CN(Cc1ccc(Br)s1)S(=O)(=O)c1ccc(Cl)cc1. The van der Waals surface area contributed by atoms with Crippen LogP contribution < -0.4 is 0 Å². The highest BCUT2D eigenvalue weighted by molar-refractivity contribution is 9.11. The lowest BCUT2D eigenvalue weighted by Crippen LogP contribution is -2.26. The largest absolute Gasteiger partial charge is 0.243 e. The maximum Gasteiger partial charge on any atom is 0.243 e. The number of nitrogens with zero attached hydrogens (tertiary/aromatic N) is 1. The summed E-state index contributed by atoms with van der Waals surface area (Å²) in [7, 11) is -1.91. The Hall–Kier alpha value is -0.400. The van der Waals surface area contributed by atoms with E-state index in [0.29, 0.717) is 11.6 Å². The molecule has 0 radical (unpaired) electrons. The minimum Gasteiger partial charge on any atom is -0.207 e. The van der Waals surface area contributed by atoms with E-state index in [1.54, 1.807) is 19.2 Å². The van der Waals surface area contributed by atoms with Crippen LogP contribution in [0.5, 0.6) is 0 Å². The van der Waals surface area contributed by atoms with Crippen molar-refractivity contribution >= 4 is 48.9 Å². The molecule has 7 heteroatoms. The van der Waals surface area contributed by atoms with Gasteiger partial charge in [-0.05, 0) is 52.3 Å². The summed E-state index contributed by atoms with van der Waals surface area (Å²) in [6, 6.07) is 9.98. The molecule has 0 saturated carbocycles. The monoisotopic (exact) mass is 379 g/mol. The van der Waals surface area contributed by atoms with Crippen molar-refractivity contribution in [1.82, 2.24) is 4.31 Å². The van der Waals surface area contributed by atoms with Crippen LogP contribution >= 0.6 is 38.9 Å². The van der Waals surface area contributed by atoms with Crippen LogP contribution in [0.25, 0.3) is 0 Å². The smallest absolute Gasteiger partial charge is 0.207 e. The Kier molecular flexibility index (Phi) is 4.68. The van der Waals surface area contributed by atoms with Crippen molar-refractivity contribution in [2.24, 2.45) is 0 Å². The van der Waals surface area contributed by atoms with Gasteiger partial charge in [0.05, 0.1) is 8.68 Å². The Bertz CT molecular complexity index is 667. The van der Waals surface area contributed by atoms with Crippen LogP contribution in [0.2, 0.25) is 5.02 Å². The van der Waals surface area contributed by atoms with Crippen molar-refractivity contribution in [3.05, 3.63) is 50.1 Å². The third-order valence-electron chi connectivity index (χ3n) is 2.53. The number of benzene rings is 1. The van der Waals surface area contributed by atoms with Crippen LogP contribution in [0.4, 0.5) is 0 Å². The van der Waals surface area contributed by atoms with Gasteiger partial charge in [0.25, 0.3) is 0 Å². The number of sulfonamides is 1. The molecule has 19 heavy (non-hydrogen) atoms. The van der Waals surface area contributed by atoms with E-state index in [2.05, 4.69) is 15.9 Å². The molecule has 3 nitrogen and oxygen atoms in total. The van der Waals surface area contributed by atoms with Crippen molar-refractivity contribution in [1.29, 1.82) is 0 Å². The minimum atomic E-state index is -3.48. The van der Waals surface area contributed by atoms with Gasteiger partial charge in [0.2, 0.25) is 10.0 Å². The molecule has 2 aromatic rings. The van der Waals surface area contributed by atoms with Crippen LogP contribution in [0.3, 0.4) is 0 Å². The molecule has 0 atom stereocenters. The van der Waals surface area contributed by atoms with E-state index in [0.717, 1.165) is 8.66 Å². The fourth-order valence-electron chi connectivity index (χ4n) is 1.53. The number of thiophene rings is 1. The van der Waals surface area contributed by atoms with Crippen LogP contribution in [-0.2, 0) is 16.6 Å². The van der Waals surface area contributed by atoms with Crippen LogP contribution in [0, 0.1) is 0 Å². The molecule has 0 aliphatic heterocycles. The van der Waals surface area contributed by atoms with Crippen molar-refractivity contribution < 1.29 is 8.42 Å². The summed E-state index contributed by atoms with van der Waals surface area (Å²) in [5.41, 5.74) is 0. The summed E-state index contributed by atoms with van der Waals surface area (Å²) in [4.78, 5) is 1.22. The minimum absolute atomic E-state index is 0.245. The highest BCUT2D eigenvalue weighted by atomic mass is 79.9. The van der Waals surface area contributed by atoms with Gasteiger partial charge >= 0.3 is 0 Å². The van der Waals surface area contributed by atoms with E-state index in [-0.39, 0.29) is 4.90 Å². The second-order valence-electron chi connectivity index (χ2n) is 3.92. The molecule has 0 aliphatic rings. The second kappa shape index (κ2) is 5.93. The van der Waals surface area contributed by atoms with Gasteiger partial charge in [-0.15, -0.1) is 11.3 Å². The molecule has 0 fully saturated rings. The summed E-state index contributed by atoms with van der Waals surface area (Å²) in [6.45, 7) is 0.348. The van der Waals surface area contributed by atoms with E-state index in [9.17, 15) is 8.42 Å². The zero-order valence-electron chi connectivity index (χ0n) is 10.0. The molecule has 0 N–H and O–H groups in total. The van der Waals surface area contributed by atoms with Gasteiger partial charge in [-0.25, -0.2) is 8.42 Å². The van der Waals surface area contributed by atoms with E-state index in [1.807, 2.05) is 12.1 Å². The van der Waals surface area contributed by atoms with Crippen molar-refractivity contribution in [2.45, 2.75) is 11.4 Å². The molecule has 0 spiro atoms. The van der Waals surface area contributed by atoms with Gasteiger partial charge in [-0.3, -0.25) is 0 Å². The van der Waals surface area contributed by atoms with Gasteiger partial charge in [-0.2, -0.15) is 4.31 Å².